The lowest BCUT2D eigenvalue weighted by Crippen LogP contribution is -2.01. The largest absolute Gasteiger partial charge is 0.497 e. The smallest absolute Gasteiger partial charge is 0.237 e. The molecule has 0 aliphatic heterocycles. The van der Waals surface area contributed by atoms with E-state index in [-0.39, 0.29) is 0 Å². The van der Waals surface area contributed by atoms with Crippen LogP contribution in [0, 0.1) is 0 Å². The molecule has 0 amide bonds. The first-order valence-electron chi connectivity index (χ1n) is 9.42. The van der Waals surface area contributed by atoms with Crippen LogP contribution in [0.25, 0.3) is 17.1 Å². The zero-order chi connectivity index (χ0) is 19.6. The molecule has 1 fully saturated rings. The summed E-state index contributed by atoms with van der Waals surface area (Å²) < 4.78 is 12.8. The Labute approximate surface area is 172 Å². The van der Waals surface area contributed by atoms with E-state index in [0.29, 0.717) is 23.4 Å². The topological polar surface area (TPSA) is 78.9 Å². The van der Waals surface area contributed by atoms with Gasteiger partial charge in [0.2, 0.25) is 11.7 Å². The normalized spacial score (nSPS) is 13.6. The zero-order valence-electron chi connectivity index (χ0n) is 15.9. The van der Waals surface area contributed by atoms with E-state index in [0.717, 1.165) is 28.0 Å². The van der Waals surface area contributed by atoms with Gasteiger partial charge in [0.15, 0.2) is 5.16 Å². The highest BCUT2D eigenvalue weighted by atomic mass is 32.2. The van der Waals surface area contributed by atoms with Crippen LogP contribution in [0.15, 0.2) is 64.3 Å². The highest BCUT2D eigenvalue weighted by Gasteiger charge is 2.31. The predicted molar refractivity (Wildman–Crippen MR) is 109 cm³/mol. The van der Waals surface area contributed by atoms with Gasteiger partial charge in [-0.1, -0.05) is 47.3 Å². The lowest BCUT2D eigenvalue weighted by atomic mass is 10.2. The fourth-order valence-electron chi connectivity index (χ4n) is 3.12. The molecule has 4 aromatic rings. The Morgan fingerprint density at radius 3 is 2.76 bits per heavy atom. The van der Waals surface area contributed by atoms with Crippen LogP contribution in [0.2, 0.25) is 0 Å². The number of aromatic nitrogens is 5. The van der Waals surface area contributed by atoms with Gasteiger partial charge in [-0.15, -0.1) is 10.2 Å². The molecule has 7 nitrogen and oxygen atoms in total. The molecule has 2 aromatic carbocycles. The summed E-state index contributed by atoms with van der Waals surface area (Å²) in [5.41, 5.74) is 1.93. The van der Waals surface area contributed by atoms with E-state index in [1.807, 2.05) is 42.5 Å². The van der Waals surface area contributed by atoms with Crippen LogP contribution in [-0.2, 0) is 5.75 Å². The van der Waals surface area contributed by atoms with E-state index in [2.05, 4.69) is 37.0 Å². The maximum absolute atomic E-state index is 5.45. The molecule has 1 aliphatic rings. The second-order valence-electron chi connectivity index (χ2n) is 6.82. The van der Waals surface area contributed by atoms with Gasteiger partial charge in [0.1, 0.15) is 11.6 Å². The molecule has 2 heterocycles. The molecule has 0 bridgehead atoms. The van der Waals surface area contributed by atoms with Crippen molar-refractivity contribution in [3.05, 3.63) is 66.3 Å². The summed E-state index contributed by atoms with van der Waals surface area (Å²) in [4.78, 5) is 4.52. The Bertz CT molecular complexity index is 1120. The Morgan fingerprint density at radius 2 is 1.97 bits per heavy atom. The third kappa shape index (κ3) is 3.75. The molecule has 1 saturated carbocycles. The average molecular weight is 405 g/mol. The van der Waals surface area contributed by atoms with Gasteiger partial charge in [0.05, 0.1) is 12.9 Å². The van der Waals surface area contributed by atoms with E-state index >= 15 is 0 Å². The maximum Gasteiger partial charge on any atom is 0.237 e. The SMILES string of the molecule is COc1cccc(-c2noc(CSc3nnc(C4CC4)n3-c3ccccc3)n2)c1. The van der Waals surface area contributed by atoms with Gasteiger partial charge in [-0.3, -0.25) is 4.57 Å². The summed E-state index contributed by atoms with van der Waals surface area (Å²) in [6.45, 7) is 0. The van der Waals surface area contributed by atoms with E-state index in [1.165, 1.54) is 12.8 Å². The first kappa shape index (κ1) is 17.9. The molecule has 1 aliphatic carbocycles. The van der Waals surface area contributed by atoms with Crippen molar-refractivity contribution in [2.75, 3.05) is 7.11 Å². The molecule has 0 atom stereocenters. The molecule has 5 rings (SSSR count). The van der Waals surface area contributed by atoms with Gasteiger partial charge >= 0.3 is 0 Å². The van der Waals surface area contributed by atoms with Crippen molar-refractivity contribution >= 4 is 11.8 Å². The number of rotatable bonds is 7. The molecule has 146 valence electrons. The number of ether oxygens (including phenoxy) is 1. The van der Waals surface area contributed by atoms with Gasteiger partial charge in [-0.25, -0.2) is 0 Å². The van der Waals surface area contributed by atoms with Crippen LogP contribution in [0.5, 0.6) is 5.75 Å². The number of thioether (sulfide) groups is 1. The number of methoxy groups -OCH3 is 1. The first-order chi connectivity index (χ1) is 14.3. The minimum atomic E-state index is 0.500. The third-order valence-electron chi connectivity index (χ3n) is 4.74. The van der Waals surface area contributed by atoms with Crippen LogP contribution in [0.1, 0.15) is 30.5 Å². The van der Waals surface area contributed by atoms with Crippen LogP contribution in [0.4, 0.5) is 0 Å². The van der Waals surface area contributed by atoms with E-state index < -0.39 is 0 Å². The predicted octanol–water partition coefficient (Wildman–Crippen LogP) is 4.50. The molecule has 8 heteroatoms. The van der Waals surface area contributed by atoms with Crippen molar-refractivity contribution in [2.24, 2.45) is 0 Å². The minimum Gasteiger partial charge on any atom is -0.497 e. The quantitative estimate of drug-likeness (QED) is 0.419. The van der Waals surface area contributed by atoms with Gasteiger partial charge in [0, 0.05) is 17.2 Å². The van der Waals surface area contributed by atoms with E-state index in [1.54, 1.807) is 18.9 Å². The summed E-state index contributed by atoms with van der Waals surface area (Å²) in [6.07, 6.45) is 2.34. The average Bonchev–Trinajstić information content (AvgIpc) is 3.35. The summed E-state index contributed by atoms with van der Waals surface area (Å²) in [5, 5.41) is 13.8. The van der Waals surface area contributed by atoms with Crippen molar-refractivity contribution in [3.8, 4) is 22.8 Å². The van der Waals surface area contributed by atoms with Crippen molar-refractivity contribution in [3.63, 3.8) is 0 Å². The number of hydrogen-bond donors (Lipinski definition) is 0. The summed E-state index contributed by atoms with van der Waals surface area (Å²) in [6, 6.07) is 17.8. The molecule has 29 heavy (non-hydrogen) atoms. The summed E-state index contributed by atoms with van der Waals surface area (Å²) in [7, 11) is 1.64. The highest BCUT2D eigenvalue weighted by Crippen LogP contribution is 2.41. The Balaban J connectivity index is 1.37. The Morgan fingerprint density at radius 1 is 1.10 bits per heavy atom. The second kappa shape index (κ2) is 7.71. The van der Waals surface area contributed by atoms with Crippen LogP contribution in [0.3, 0.4) is 0 Å². The molecule has 0 saturated heterocycles. The molecule has 0 unspecified atom stereocenters. The molecular weight excluding hydrogens is 386 g/mol. The van der Waals surface area contributed by atoms with Gasteiger partial charge in [-0.05, 0) is 37.1 Å². The molecular formula is C21H19N5O2S. The number of hydrogen-bond acceptors (Lipinski definition) is 7. The Kier molecular flexibility index (Phi) is 4.77. The summed E-state index contributed by atoms with van der Waals surface area (Å²) in [5.74, 6) is 3.89. The minimum absolute atomic E-state index is 0.500. The number of para-hydroxylation sites is 1. The molecule has 0 radical (unpaired) electrons. The zero-order valence-corrected chi connectivity index (χ0v) is 16.7. The van der Waals surface area contributed by atoms with Gasteiger partial charge in [-0.2, -0.15) is 4.98 Å². The van der Waals surface area contributed by atoms with Crippen molar-refractivity contribution in [1.82, 2.24) is 24.9 Å². The monoisotopic (exact) mass is 405 g/mol. The number of nitrogens with zero attached hydrogens (tertiary/aromatic N) is 5. The molecule has 0 N–H and O–H groups in total. The van der Waals surface area contributed by atoms with Crippen molar-refractivity contribution in [2.45, 2.75) is 29.7 Å². The Hall–Kier alpha value is -3.13. The summed E-state index contributed by atoms with van der Waals surface area (Å²) >= 11 is 1.55. The van der Waals surface area contributed by atoms with Gasteiger partial charge in [0.25, 0.3) is 0 Å². The van der Waals surface area contributed by atoms with Crippen LogP contribution >= 0.6 is 11.8 Å². The maximum atomic E-state index is 5.45. The van der Waals surface area contributed by atoms with E-state index in [4.69, 9.17) is 9.26 Å². The molecule has 0 spiro atoms. The van der Waals surface area contributed by atoms with Gasteiger partial charge < -0.3 is 9.26 Å². The second-order valence-corrected chi connectivity index (χ2v) is 7.76. The fraction of sp³-hybridized carbons (Fsp3) is 0.238. The van der Waals surface area contributed by atoms with Crippen molar-refractivity contribution in [1.29, 1.82) is 0 Å². The third-order valence-corrected chi connectivity index (χ3v) is 5.65. The van der Waals surface area contributed by atoms with E-state index in [9.17, 15) is 0 Å². The van der Waals surface area contributed by atoms with Crippen molar-refractivity contribution < 1.29 is 9.26 Å². The van der Waals surface area contributed by atoms with Crippen LogP contribution in [-0.4, -0.2) is 32.0 Å². The highest BCUT2D eigenvalue weighted by molar-refractivity contribution is 7.98. The number of benzene rings is 2. The standard InChI is InChI=1S/C21H19N5O2S/c1-27-17-9-5-6-15(12-17)19-22-18(28-25-19)13-29-21-24-23-20(14-10-11-14)26(21)16-7-3-2-4-8-16/h2-9,12,14H,10-11,13H2,1H3. The molecule has 2 aromatic heterocycles. The first-order valence-corrected chi connectivity index (χ1v) is 10.4. The lowest BCUT2D eigenvalue weighted by Gasteiger charge is -2.08. The fourth-order valence-corrected chi connectivity index (χ4v) is 3.92. The van der Waals surface area contributed by atoms with Crippen LogP contribution < -0.4 is 4.74 Å². The lowest BCUT2D eigenvalue weighted by molar-refractivity contribution is 0.391.